The Morgan fingerprint density at radius 3 is 2.55 bits per heavy atom. The van der Waals surface area contributed by atoms with Gasteiger partial charge in [0.05, 0.1) is 6.10 Å². The molecule has 1 atom stereocenters. The molecule has 2 heteroatoms. The highest BCUT2D eigenvalue weighted by atomic mass is 16.5. The summed E-state index contributed by atoms with van der Waals surface area (Å²) in [6, 6.07) is 8.52. The third-order valence-corrected chi connectivity index (χ3v) is 4.00. The van der Waals surface area contributed by atoms with Gasteiger partial charge in [-0.2, -0.15) is 0 Å². The fourth-order valence-corrected chi connectivity index (χ4v) is 3.43. The highest BCUT2D eigenvalue weighted by molar-refractivity contribution is 5.35. The molecule has 0 bridgehead atoms. The van der Waals surface area contributed by atoms with Crippen LogP contribution in [0.5, 0.6) is 5.75 Å². The maximum absolute atomic E-state index is 5.98. The molecule has 0 radical (unpaired) electrons. The van der Waals surface area contributed by atoms with Crippen LogP contribution in [0.1, 0.15) is 52.5 Å². The summed E-state index contributed by atoms with van der Waals surface area (Å²) < 4.78 is 5.98. The second-order valence-corrected chi connectivity index (χ2v) is 6.86. The van der Waals surface area contributed by atoms with Crippen molar-refractivity contribution >= 4 is 0 Å². The summed E-state index contributed by atoms with van der Waals surface area (Å²) in [5.41, 5.74) is 1.61. The number of hydrogen-bond donors (Lipinski definition) is 1. The molecule has 0 amide bonds. The molecule has 1 heterocycles. The fraction of sp³-hybridized carbons (Fsp3) is 0.667. The normalized spacial score (nSPS) is 22.7. The predicted molar refractivity (Wildman–Crippen MR) is 85.3 cm³/mol. The van der Waals surface area contributed by atoms with Crippen LogP contribution in [-0.4, -0.2) is 18.2 Å². The predicted octanol–water partition coefficient (Wildman–Crippen LogP) is 4.18. The first-order chi connectivity index (χ1) is 9.51. The van der Waals surface area contributed by atoms with Crippen molar-refractivity contribution in [3.8, 4) is 5.75 Å². The molecule has 0 aliphatic carbocycles. The third-order valence-electron chi connectivity index (χ3n) is 4.00. The maximum atomic E-state index is 5.98. The van der Waals surface area contributed by atoms with Gasteiger partial charge in [-0.25, -0.2) is 0 Å². The van der Waals surface area contributed by atoms with Crippen molar-refractivity contribution < 1.29 is 4.74 Å². The molecule has 112 valence electrons. The van der Waals surface area contributed by atoms with Gasteiger partial charge < -0.3 is 10.1 Å². The number of benzene rings is 1. The standard InChI is InChI=1S/C18H29NO/c1-14(2)12-18(10-7-11-19-18)13-16-8-5-6-9-17(16)20-15(3)4/h5-6,8-9,14-15,19H,7,10-13H2,1-4H3. The van der Waals surface area contributed by atoms with Gasteiger partial charge in [0.25, 0.3) is 0 Å². The van der Waals surface area contributed by atoms with E-state index in [1.807, 2.05) is 0 Å². The SMILES string of the molecule is CC(C)CC1(Cc2ccccc2OC(C)C)CCCN1. The summed E-state index contributed by atoms with van der Waals surface area (Å²) in [5.74, 6) is 1.78. The Labute approximate surface area is 123 Å². The highest BCUT2D eigenvalue weighted by Crippen LogP contribution is 2.33. The molecule has 1 unspecified atom stereocenters. The van der Waals surface area contributed by atoms with Crippen LogP contribution in [-0.2, 0) is 6.42 Å². The number of rotatable bonds is 6. The van der Waals surface area contributed by atoms with Gasteiger partial charge in [0.2, 0.25) is 0 Å². The van der Waals surface area contributed by atoms with Crippen molar-refractivity contribution in [2.24, 2.45) is 5.92 Å². The quantitative estimate of drug-likeness (QED) is 0.840. The van der Waals surface area contributed by atoms with Crippen LogP contribution in [0.4, 0.5) is 0 Å². The first-order valence-electron chi connectivity index (χ1n) is 8.00. The van der Waals surface area contributed by atoms with E-state index in [1.54, 1.807) is 0 Å². The maximum Gasteiger partial charge on any atom is 0.122 e. The van der Waals surface area contributed by atoms with E-state index in [-0.39, 0.29) is 11.6 Å². The van der Waals surface area contributed by atoms with Crippen molar-refractivity contribution in [1.29, 1.82) is 0 Å². The van der Waals surface area contributed by atoms with Crippen LogP contribution in [0, 0.1) is 5.92 Å². The molecule has 1 aromatic carbocycles. The Hall–Kier alpha value is -1.02. The first-order valence-corrected chi connectivity index (χ1v) is 8.00. The van der Waals surface area contributed by atoms with Gasteiger partial charge in [-0.1, -0.05) is 32.0 Å². The van der Waals surface area contributed by atoms with E-state index in [1.165, 1.54) is 24.8 Å². The number of hydrogen-bond acceptors (Lipinski definition) is 2. The van der Waals surface area contributed by atoms with Crippen molar-refractivity contribution in [3.05, 3.63) is 29.8 Å². The lowest BCUT2D eigenvalue weighted by atomic mass is 9.82. The van der Waals surface area contributed by atoms with Crippen LogP contribution in [0.25, 0.3) is 0 Å². The van der Waals surface area contributed by atoms with E-state index in [0.717, 1.165) is 24.6 Å². The molecule has 1 aliphatic heterocycles. The van der Waals surface area contributed by atoms with Crippen molar-refractivity contribution in [1.82, 2.24) is 5.32 Å². The molecule has 1 fully saturated rings. The minimum absolute atomic E-state index is 0.230. The van der Waals surface area contributed by atoms with Crippen LogP contribution in [0.2, 0.25) is 0 Å². The Balaban J connectivity index is 2.18. The highest BCUT2D eigenvalue weighted by Gasteiger charge is 2.34. The molecular formula is C18H29NO. The van der Waals surface area contributed by atoms with Crippen LogP contribution in [0.3, 0.4) is 0 Å². The summed E-state index contributed by atoms with van der Waals surface area (Å²) in [6.45, 7) is 9.97. The first kappa shape index (κ1) is 15.4. The number of nitrogens with one attached hydrogen (secondary N) is 1. The Morgan fingerprint density at radius 1 is 1.20 bits per heavy atom. The smallest absolute Gasteiger partial charge is 0.122 e. The summed E-state index contributed by atoms with van der Waals surface area (Å²) in [6.07, 6.45) is 5.12. The van der Waals surface area contributed by atoms with Gasteiger partial charge >= 0.3 is 0 Å². The van der Waals surface area contributed by atoms with Crippen LogP contribution in [0.15, 0.2) is 24.3 Å². The molecule has 0 spiro atoms. The zero-order valence-corrected chi connectivity index (χ0v) is 13.4. The van der Waals surface area contributed by atoms with Gasteiger partial charge in [0, 0.05) is 5.54 Å². The minimum atomic E-state index is 0.230. The lowest BCUT2D eigenvalue weighted by molar-refractivity contribution is 0.234. The Bertz CT molecular complexity index is 419. The van der Waals surface area contributed by atoms with Crippen molar-refractivity contribution in [2.75, 3.05) is 6.54 Å². The topological polar surface area (TPSA) is 21.3 Å². The molecule has 2 nitrogen and oxygen atoms in total. The van der Waals surface area contributed by atoms with E-state index in [0.29, 0.717) is 0 Å². The lowest BCUT2D eigenvalue weighted by Gasteiger charge is -2.32. The summed E-state index contributed by atoms with van der Waals surface area (Å²) in [7, 11) is 0. The molecule has 1 aliphatic rings. The van der Waals surface area contributed by atoms with Crippen LogP contribution >= 0.6 is 0 Å². The summed E-state index contributed by atoms with van der Waals surface area (Å²) >= 11 is 0. The van der Waals surface area contributed by atoms with E-state index >= 15 is 0 Å². The summed E-state index contributed by atoms with van der Waals surface area (Å²) in [4.78, 5) is 0. The Kier molecular flexibility index (Phi) is 5.09. The van der Waals surface area contributed by atoms with E-state index in [2.05, 4.69) is 57.3 Å². The summed E-state index contributed by atoms with van der Waals surface area (Å²) in [5, 5.41) is 3.77. The average Bonchev–Trinajstić information content (AvgIpc) is 2.78. The van der Waals surface area contributed by atoms with Gasteiger partial charge in [0.1, 0.15) is 5.75 Å². The van der Waals surface area contributed by atoms with Crippen molar-refractivity contribution in [2.45, 2.75) is 65.0 Å². The van der Waals surface area contributed by atoms with Crippen LogP contribution < -0.4 is 10.1 Å². The monoisotopic (exact) mass is 275 g/mol. The minimum Gasteiger partial charge on any atom is -0.491 e. The molecule has 2 rings (SSSR count). The average molecular weight is 275 g/mol. The molecule has 1 N–H and O–H groups in total. The third kappa shape index (κ3) is 3.99. The second-order valence-electron chi connectivity index (χ2n) is 6.86. The number of para-hydroxylation sites is 1. The second kappa shape index (κ2) is 6.62. The van der Waals surface area contributed by atoms with Gasteiger partial charge in [-0.05, 0) is 63.6 Å². The molecule has 0 saturated carbocycles. The molecule has 0 aromatic heterocycles. The molecule has 1 saturated heterocycles. The lowest BCUT2D eigenvalue weighted by Crippen LogP contribution is -2.43. The van der Waals surface area contributed by atoms with Gasteiger partial charge in [-0.3, -0.25) is 0 Å². The Morgan fingerprint density at radius 2 is 1.95 bits per heavy atom. The van der Waals surface area contributed by atoms with Crippen molar-refractivity contribution in [3.63, 3.8) is 0 Å². The van der Waals surface area contributed by atoms with Gasteiger partial charge in [0.15, 0.2) is 0 Å². The number of ether oxygens (including phenoxy) is 1. The zero-order chi connectivity index (χ0) is 14.6. The zero-order valence-electron chi connectivity index (χ0n) is 13.4. The van der Waals surface area contributed by atoms with E-state index < -0.39 is 0 Å². The fourth-order valence-electron chi connectivity index (χ4n) is 3.43. The van der Waals surface area contributed by atoms with E-state index in [9.17, 15) is 0 Å². The van der Waals surface area contributed by atoms with E-state index in [4.69, 9.17) is 4.74 Å². The van der Waals surface area contributed by atoms with Gasteiger partial charge in [-0.15, -0.1) is 0 Å². The molecular weight excluding hydrogens is 246 g/mol. The largest absolute Gasteiger partial charge is 0.491 e. The molecule has 1 aromatic rings. The molecule has 20 heavy (non-hydrogen) atoms.